The number of ether oxygens (including phenoxy) is 1. The van der Waals surface area contributed by atoms with Gasteiger partial charge in [-0.3, -0.25) is 18.7 Å². The predicted octanol–water partition coefficient (Wildman–Crippen LogP) is 2.05. The average Bonchev–Trinajstić information content (AvgIpc) is 2.73. The molecule has 2 aromatic heterocycles. The van der Waals surface area contributed by atoms with Crippen LogP contribution >= 0.6 is 11.8 Å². The number of hydrogen-bond acceptors (Lipinski definition) is 7. The number of nitrogens with zero attached hydrogens (tertiary/aromatic N) is 4. The van der Waals surface area contributed by atoms with E-state index >= 15 is 0 Å². The third-order valence-electron chi connectivity index (χ3n) is 4.63. The van der Waals surface area contributed by atoms with Gasteiger partial charge in [-0.2, -0.15) is 0 Å². The van der Waals surface area contributed by atoms with Crippen LogP contribution in [-0.4, -0.2) is 37.4 Å². The molecule has 2 heterocycles. The van der Waals surface area contributed by atoms with E-state index in [1.54, 1.807) is 7.05 Å². The molecule has 1 atom stereocenters. The van der Waals surface area contributed by atoms with Crippen LogP contribution in [0.25, 0.3) is 22.4 Å². The molecule has 0 radical (unpaired) electrons. The Kier molecular flexibility index (Phi) is 5.88. The minimum atomic E-state index is -0.537. The van der Waals surface area contributed by atoms with Crippen molar-refractivity contribution in [2.24, 2.45) is 14.1 Å². The molecule has 0 N–H and O–H groups in total. The van der Waals surface area contributed by atoms with Gasteiger partial charge in [0.2, 0.25) is 0 Å². The maximum absolute atomic E-state index is 12.9. The van der Waals surface area contributed by atoms with Gasteiger partial charge in [0.05, 0.1) is 7.11 Å². The summed E-state index contributed by atoms with van der Waals surface area (Å²) in [5.74, 6) is -0.0188. The minimum absolute atomic E-state index is 0.207. The maximum atomic E-state index is 12.9. The van der Waals surface area contributed by atoms with Crippen LogP contribution < -0.4 is 11.2 Å². The van der Waals surface area contributed by atoms with Crippen molar-refractivity contribution in [1.82, 2.24) is 19.1 Å². The van der Waals surface area contributed by atoms with E-state index in [0.717, 1.165) is 27.5 Å². The molecule has 0 unspecified atom stereocenters. The number of benzene rings is 1. The van der Waals surface area contributed by atoms with Gasteiger partial charge < -0.3 is 4.74 Å². The van der Waals surface area contributed by atoms with E-state index < -0.39 is 22.5 Å². The van der Waals surface area contributed by atoms with Crippen molar-refractivity contribution in [3.8, 4) is 11.4 Å². The van der Waals surface area contributed by atoms with Crippen molar-refractivity contribution >= 4 is 28.8 Å². The second-order valence-electron chi connectivity index (χ2n) is 6.66. The smallest absolute Gasteiger partial charge is 0.332 e. The minimum Gasteiger partial charge on any atom is -0.468 e. The summed E-state index contributed by atoms with van der Waals surface area (Å²) in [5, 5.41) is 0.0173. The molecule has 0 aliphatic carbocycles. The van der Waals surface area contributed by atoms with Gasteiger partial charge in [0.15, 0.2) is 11.5 Å². The molecular weight excluding hydrogens is 392 g/mol. The molecule has 152 valence electrons. The summed E-state index contributed by atoms with van der Waals surface area (Å²) in [6.45, 7) is 3.81. The van der Waals surface area contributed by atoms with Crippen LogP contribution in [-0.2, 0) is 23.6 Å². The van der Waals surface area contributed by atoms with Crippen LogP contribution in [0.15, 0.2) is 38.9 Å². The van der Waals surface area contributed by atoms with Crippen LogP contribution in [0.1, 0.15) is 18.9 Å². The number of esters is 1. The van der Waals surface area contributed by atoms with Crippen LogP contribution in [0.3, 0.4) is 0 Å². The molecular formula is C20H22N4O4S. The lowest BCUT2D eigenvalue weighted by atomic mass is 10.1. The van der Waals surface area contributed by atoms with Gasteiger partial charge in [-0.05, 0) is 19.4 Å². The first kappa shape index (κ1) is 20.8. The average molecular weight is 414 g/mol. The highest BCUT2D eigenvalue weighted by Gasteiger charge is 2.24. The lowest BCUT2D eigenvalue weighted by molar-refractivity contribution is -0.140. The largest absolute Gasteiger partial charge is 0.468 e. The number of aromatic nitrogens is 4. The Morgan fingerprint density at radius 1 is 1.21 bits per heavy atom. The fourth-order valence-corrected chi connectivity index (χ4v) is 4.06. The van der Waals surface area contributed by atoms with E-state index in [4.69, 9.17) is 4.74 Å². The molecule has 0 saturated carbocycles. The number of methoxy groups -OCH3 is 1. The van der Waals surface area contributed by atoms with E-state index in [9.17, 15) is 14.4 Å². The van der Waals surface area contributed by atoms with Crippen molar-refractivity contribution < 1.29 is 9.53 Å². The Bertz CT molecular complexity index is 1220. The number of hydrogen-bond donors (Lipinski definition) is 0. The zero-order valence-corrected chi connectivity index (χ0v) is 17.7. The first-order valence-electron chi connectivity index (χ1n) is 9.07. The summed E-state index contributed by atoms with van der Waals surface area (Å²) in [7, 11) is 4.29. The molecule has 3 aromatic rings. The monoisotopic (exact) mass is 414 g/mol. The van der Waals surface area contributed by atoms with Crippen LogP contribution in [0, 0.1) is 6.92 Å². The second-order valence-corrected chi connectivity index (χ2v) is 7.86. The Labute approximate surface area is 171 Å². The maximum Gasteiger partial charge on any atom is 0.332 e. The number of aryl methyl sites for hydroxylation is 2. The van der Waals surface area contributed by atoms with Gasteiger partial charge >= 0.3 is 11.7 Å². The third kappa shape index (κ3) is 3.82. The molecule has 1 aromatic carbocycles. The molecule has 29 heavy (non-hydrogen) atoms. The lowest BCUT2D eigenvalue weighted by Gasteiger charge is -2.15. The molecule has 0 bridgehead atoms. The molecule has 0 aliphatic heterocycles. The highest BCUT2D eigenvalue weighted by molar-refractivity contribution is 8.00. The topological polar surface area (TPSA) is 96.1 Å². The zero-order chi connectivity index (χ0) is 21.3. The summed E-state index contributed by atoms with van der Waals surface area (Å²) in [5.41, 5.74) is 1.03. The number of carbonyl (C=O) groups excluding carboxylic acids is 1. The zero-order valence-electron chi connectivity index (χ0n) is 16.9. The van der Waals surface area contributed by atoms with Crippen molar-refractivity contribution in [3.05, 3.63) is 50.7 Å². The normalized spacial score (nSPS) is 12.2. The Morgan fingerprint density at radius 3 is 2.55 bits per heavy atom. The van der Waals surface area contributed by atoms with Gasteiger partial charge in [0.1, 0.15) is 15.7 Å². The summed E-state index contributed by atoms with van der Waals surface area (Å²) >= 11 is 1.15. The summed E-state index contributed by atoms with van der Waals surface area (Å²) < 4.78 is 7.21. The van der Waals surface area contributed by atoms with Crippen molar-refractivity contribution in [2.45, 2.75) is 30.5 Å². The van der Waals surface area contributed by atoms with Gasteiger partial charge in [-0.15, -0.1) is 0 Å². The van der Waals surface area contributed by atoms with Gasteiger partial charge in [-0.1, -0.05) is 42.4 Å². The molecule has 0 spiro atoms. The SMILES string of the molecule is CC[C@@H](Sc1nc(-c2cccc(C)c2)nc2c1c(=O)n(C)c(=O)n2C)C(=O)OC. The van der Waals surface area contributed by atoms with E-state index in [1.807, 2.05) is 38.1 Å². The van der Waals surface area contributed by atoms with Crippen molar-refractivity contribution in [1.29, 1.82) is 0 Å². The molecule has 0 amide bonds. The van der Waals surface area contributed by atoms with E-state index in [1.165, 1.54) is 18.7 Å². The quantitative estimate of drug-likeness (QED) is 0.358. The van der Waals surface area contributed by atoms with E-state index in [-0.39, 0.29) is 11.0 Å². The van der Waals surface area contributed by atoms with Gasteiger partial charge in [-0.25, -0.2) is 14.8 Å². The van der Waals surface area contributed by atoms with Crippen LogP contribution in [0.5, 0.6) is 0 Å². The number of fused-ring (bicyclic) bond motifs is 1. The highest BCUT2D eigenvalue weighted by atomic mass is 32.2. The Morgan fingerprint density at radius 2 is 1.93 bits per heavy atom. The Balaban J connectivity index is 2.36. The second kappa shape index (κ2) is 8.20. The molecule has 9 heteroatoms. The third-order valence-corrected chi connectivity index (χ3v) is 5.96. The summed E-state index contributed by atoms with van der Waals surface area (Å²) in [6, 6.07) is 7.62. The Hall–Kier alpha value is -2.94. The van der Waals surface area contributed by atoms with Crippen molar-refractivity contribution in [2.75, 3.05) is 7.11 Å². The molecule has 8 nitrogen and oxygen atoms in total. The summed E-state index contributed by atoms with van der Waals surface area (Å²) in [4.78, 5) is 46.6. The van der Waals surface area contributed by atoms with Crippen molar-refractivity contribution in [3.63, 3.8) is 0 Å². The van der Waals surface area contributed by atoms with Gasteiger partial charge in [0.25, 0.3) is 5.56 Å². The predicted molar refractivity (Wildman–Crippen MR) is 112 cm³/mol. The highest BCUT2D eigenvalue weighted by Crippen LogP contribution is 2.30. The number of rotatable bonds is 5. The van der Waals surface area contributed by atoms with Crippen LogP contribution in [0.4, 0.5) is 0 Å². The fraction of sp³-hybridized carbons (Fsp3) is 0.350. The lowest BCUT2D eigenvalue weighted by Crippen LogP contribution is -2.37. The summed E-state index contributed by atoms with van der Waals surface area (Å²) in [6.07, 6.45) is 0.495. The molecule has 0 saturated heterocycles. The van der Waals surface area contributed by atoms with E-state index in [2.05, 4.69) is 9.97 Å². The first-order chi connectivity index (χ1) is 13.8. The molecule has 3 rings (SSSR count). The molecule has 0 fully saturated rings. The number of carbonyl (C=O) groups is 1. The number of thioether (sulfide) groups is 1. The van der Waals surface area contributed by atoms with Gasteiger partial charge in [0, 0.05) is 19.7 Å². The molecule has 0 aliphatic rings. The van der Waals surface area contributed by atoms with Crippen LogP contribution in [0.2, 0.25) is 0 Å². The standard InChI is InChI=1S/C20H22N4O4S/c1-6-13(19(26)28-5)29-17-14-16(23(3)20(27)24(4)18(14)25)21-15(22-17)12-9-7-8-11(2)10-12/h7-10,13H,6H2,1-5H3/t13-/m1/s1. The first-order valence-corrected chi connectivity index (χ1v) is 9.95. The fourth-order valence-electron chi connectivity index (χ4n) is 2.99. The van der Waals surface area contributed by atoms with E-state index in [0.29, 0.717) is 17.3 Å².